The number of hydrogen-bond donors (Lipinski definition) is 1. The molecule has 1 unspecified atom stereocenters. The summed E-state index contributed by atoms with van der Waals surface area (Å²) >= 11 is 1.56. The maximum Gasteiger partial charge on any atom is 0.226 e. The van der Waals surface area contributed by atoms with E-state index in [2.05, 4.69) is 27.5 Å². The number of thiazole rings is 1. The maximum atomic E-state index is 12.2. The Morgan fingerprint density at radius 3 is 2.91 bits per heavy atom. The van der Waals surface area contributed by atoms with Crippen LogP contribution in [-0.2, 0) is 11.3 Å². The molecule has 1 aliphatic carbocycles. The van der Waals surface area contributed by atoms with Gasteiger partial charge < -0.3 is 5.32 Å². The van der Waals surface area contributed by atoms with Crippen molar-refractivity contribution in [1.82, 2.24) is 9.88 Å². The van der Waals surface area contributed by atoms with Gasteiger partial charge in [-0.15, -0.1) is 11.3 Å². The first-order chi connectivity index (χ1) is 11.2. The van der Waals surface area contributed by atoms with Crippen molar-refractivity contribution < 1.29 is 4.79 Å². The summed E-state index contributed by atoms with van der Waals surface area (Å²) in [6, 6.07) is 0. The fourth-order valence-corrected chi connectivity index (χ4v) is 4.64. The molecule has 1 aliphatic heterocycles. The van der Waals surface area contributed by atoms with Crippen molar-refractivity contribution in [3.8, 4) is 0 Å². The number of anilines is 1. The molecule has 2 heterocycles. The van der Waals surface area contributed by atoms with E-state index in [1.165, 1.54) is 58.0 Å². The van der Waals surface area contributed by atoms with E-state index in [4.69, 9.17) is 0 Å². The number of aromatic nitrogens is 1. The van der Waals surface area contributed by atoms with Gasteiger partial charge in [0.15, 0.2) is 5.13 Å². The Kier molecular flexibility index (Phi) is 6.06. The van der Waals surface area contributed by atoms with Crippen molar-refractivity contribution in [2.24, 2.45) is 11.8 Å². The standard InChI is InChI=1S/C18H29N3OS/c1-14-6-5-9-21(11-14)12-16-13-23-18(19-16)20-17(22)10-15-7-3-2-4-8-15/h13-15H,2-12H2,1H3,(H,19,20,22). The fraction of sp³-hybridized carbons (Fsp3) is 0.778. The van der Waals surface area contributed by atoms with Crippen LogP contribution >= 0.6 is 11.3 Å². The Labute approximate surface area is 143 Å². The van der Waals surface area contributed by atoms with Crippen molar-refractivity contribution in [3.05, 3.63) is 11.1 Å². The average molecular weight is 336 g/mol. The van der Waals surface area contributed by atoms with E-state index < -0.39 is 0 Å². The third-order valence-electron chi connectivity index (χ3n) is 5.12. The largest absolute Gasteiger partial charge is 0.302 e. The lowest BCUT2D eigenvalue weighted by molar-refractivity contribution is -0.117. The monoisotopic (exact) mass is 335 g/mol. The van der Waals surface area contributed by atoms with Crippen LogP contribution in [0.1, 0.15) is 64.0 Å². The van der Waals surface area contributed by atoms with Gasteiger partial charge in [0.05, 0.1) is 5.69 Å². The van der Waals surface area contributed by atoms with E-state index in [9.17, 15) is 4.79 Å². The summed E-state index contributed by atoms with van der Waals surface area (Å²) < 4.78 is 0. The highest BCUT2D eigenvalue weighted by Gasteiger charge is 2.19. The molecule has 2 fully saturated rings. The quantitative estimate of drug-likeness (QED) is 0.873. The Bertz CT molecular complexity index is 510. The number of likely N-dealkylation sites (tertiary alicyclic amines) is 1. The zero-order chi connectivity index (χ0) is 16.1. The van der Waals surface area contributed by atoms with Crippen molar-refractivity contribution >= 4 is 22.4 Å². The molecule has 0 aromatic carbocycles. The van der Waals surface area contributed by atoms with Gasteiger partial charge in [0.1, 0.15) is 0 Å². The van der Waals surface area contributed by atoms with Crippen molar-refractivity contribution in [2.75, 3.05) is 18.4 Å². The van der Waals surface area contributed by atoms with Crippen molar-refractivity contribution in [2.45, 2.75) is 64.8 Å². The van der Waals surface area contributed by atoms with Gasteiger partial charge >= 0.3 is 0 Å². The molecule has 1 amide bonds. The number of piperidine rings is 1. The van der Waals surface area contributed by atoms with Crippen LogP contribution < -0.4 is 5.32 Å². The number of nitrogens with zero attached hydrogens (tertiary/aromatic N) is 2. The molecule has 128 valence electrons. The van der Waals surface area contributed by atoms with Gasteiger partial charge in [-0.2, -0.15) is 0 Å². The molecule has 5 heteroatoms. The lowest BCUT2D eigenvalue weighted by Crippen LogP contribution is -2.33. The van der Waals surface area contributed by atoms with E-state index >= 15 is 0 Å². The summed E-state index contributed by atoms with van der Waals surface area (Å²) in [4.78, 5) is 19.3. The SMILES string of the molecule is CC1CCCN(Cc2csc(NC(=O)CC3CCCCC3)n2)C1. The van der Waals surface area contributed by atoms with Gasteiger partial charge in [-0.05, 0) is 44.1 Å². The molecule has 1 saturated heterocycles. The zero-order valence-electron chi connectivity index (χ0n) is 14.2. The molecular weight excluding hydrogens is 306 g/mol. The molecule has 23 heavy (non-hydrogen) atoms. The smallest absolute Gasteiger partial charge is 0.226 e. The second kappa shape index (κ2) is 8.25. The number of carbonyl (C=O) groups is 1. The zero-order valence-corrected chi connectivity index (χ0v) is 15.0. The molecule has 1 N–H and O–H groups in total. The summed E-state index contributed by atoms with van der Waals surface area (Å²) in [5.74, 6) is 1.51. The molecule has 4 nitrogen and oxygen atoms in total. The highest BCUT2D eigenvalue weighted by molar-refractivity contribution is 7.13. The Hall–Kier alpha value is -0.940. The van der Waals surface area contributed by atoms with Crippen LogP contribution in [0.5, 0.6) is 0 Å². The first-order valence-corrected chi connectivity index (χ1v) is 10.0. The summed E-state index contributed by atoms with van der Waals surface area (Å²) in [5, 5.41) is 5.87. The lowest BCUT2D eigenvalue weighted by atomic mass is 9.87. The molecule has 1 aromatic heterocycles. The second-order valence-corrected chi connectivity index (χ2v) is 8.24. The number of hydrogen-bond acceptors (Lipinski definition) is 4. The number of nitrogens with one attached hydrogen (secondary N) is 1. The molecule has 3 rings (SSSR count). The average Bonchev–Trinajstić information content (AvgIpc) is 2.95. The second-order valence-electron chi connectivity index (χ2n) is 7.38. The highest BCUT2D eigenvalue weighted by atomic mass is 32.1. The molecule has 1 saturated carbocycles. The van der Waals surface area contributed by atoms with Crippen molar-refractivity contribution in [3.63, 3.8) is 0 Å². The van der Waals surface area contributed by atoms with E-state index in [1.54, 1.807) is 11.3 Å². The normalized spacial score (nSPS) is 23.8. The highest BCUT2D eigenvalue weighted by Crippen LogP contribution is 2.27. The van der Waals surface area contributed by atoms with Crippen LogP contribution in [0, 0.1) is 11.8 Å². The molecule has 0 radical (unpaired) electrons. The number of carbonyl (C=O) groups excluding carboxylic acids is 1. The Morgan fingerprint density at radius 1 is 1.30 bits per heavy atom. The third-order valence-corrected chi connectivity index (χ3v) is 5.93. The number of rotatable bonds is 5. The summed E-state index contributed by atoms with van der Waals surface area (Å²) in [6.07, 6.45) is 9.63. The fourth-order valence-electron chi connectivity index (χ4n) is 3.92. The van der Waals surface area contributed by atoms with E-state index in [0.717, 1.165) is 23.3 Å². The van der Waals surface area contributed by atoms with Crippen LogP contribution in [-0.4, -0.2) is 28.9 Å². The molecular formula is C18H29N3OS. The van der Waals surface area contributed by atoms with E-state index in [1.807, 2.05) is 0 Å². The minimum Gasteiger partial charge on any atom is -0.302 e. The molecule has 0 spiro atoms. The third kappa shape index (κ3) is 5.28. The number of amides is 1. The topological polar surface area (TPSA) is 45.2 Å². The van der Waals surface area contributed by atoms with Gasteiger partial charge in [-0.3, -0.25) is 9.69 Å². The molecule has 1 atom stereocenters. The van der Waals surface area contributed by atoms with E-state index in [-0.39, 0.29) is 5.91 Å². The molecule has 1 aromatic rings. The van der Waals surface area contributed by atoms with Crippen LogP contribution in [0.15, 0.2) is 5.38 Å². The Balaban J connectivity index is 1.45. The van der Waals surface area contributed by atoms with Gasteiger partial charge in [-0.1, -0.05) is 26.2 Å². The first-order valence-electron chi connectivity index (χ1n) is 9.15. The molecule has 2 aliphatic rings. The van der Waals surface area contributed by atoms with Gasteiger partial charge in [0.2, 0.25) is 5.91 Å². The summed E-state index contributed by atoms with van der Waals surface area (Å²) in [5.41, 5.74) is 1.09. The minimum absolute atomic E-state index is 0.143. The van der Waals surface area contributed by atoms with Crippen LogP contribution in [0.2, 0.25) is 0 Å². The van der Waals surface area contributed by atoms with Crippen LogP contribution in [0.4, 0.5) is 5.13 Å². The van der Waals surface area contributed by atoms with Gasteiger partial charge in [0.25, 0.3) is 0 Å². The van der Waals surface area contributed by atoms with Gasteiger partial charge in [-0.25, -0.2) is 4.98 Å². The predicted molar refractivity (Wildman–Crippen MR) is 95.6 cm³/mol. The Morgan fingerprint density at radius 2 is 2.13 bits per heavy atom. The summed E-state index contributed by atoms with van der Waals surface area (Å²) in [7, 11) is 0. The first kappa shape index (κ1) is 16.9. The van der Waals surface area contributed by atoms with Crippen LogP contribution in [0.3, 0.4) is 0 Å². The van der Waals surface area contributed by atoms with Gasteiger partial charge in [0, 0.05) is 24.9 Å². The van der Waals surface area contributed by atoms with E-state index in [0.29, 0.717) is 12.3 Å². The van der Waals surface area contributed by atoms with Crippen molar-refractivity contribution in [1.29, 1.82) is 0 Å². The molecule has 0 bridgehead atoms. The minimum atomic E-state index is 0.143. The predicted octanol–water partition coefficient (Wildman–Crippen LogP) is 4.28. The van der Waals surface area contributed by atoms with Crippen LogP contribution in [0.25, 0.3) is 0 Å². The maximum absolute atomic E-state index is 12.2. The lowest BCUT2D eigenvalue weighted by Gasteiger charge is -2.30. The summed E-state index contributed by atoms with van der Waals surface area (Å²) in [6.45, 7) is 5.58.